The highest BCUT2D eigenvalue weighted by Gasteiger charge is 2.17. The van der Waals surface area contributed by atoms with E-state index in [0.717, 1.165) is 77.9 Å². The van der Waals surface area contributed by atoms with Crippen LogP contribution in [0.15, 0.2) is 212 Å². The lowest BCUT2D eigenvalue weighted by molar-refractivity contribution is 1.18. The van der Waals surface area contributed by atoms with Gasteiger partial charge >= 0.3 is 0 Å². The molecule has 0 unspecified atom stereocenters. The van der Waals surface area contributed by atoms with Crippen LogP contribution < -0.4 is 0 Å². The van der Waals surface area contributed by atoms with Crippen LogP contribution >= 0.6 is 0 Å². The number of nitrogens with zero attached hydrogens (tertiary/aromatic N) is 3. The monoisotopic (exact) mass is 713 g/mol. The van der Waals surface area contributed by atoms with Crippen molar-refractivity contribution in [3.05, 3.63) is 212 Å². The summed E-state index contributed by atoms with van der Waals surface area (Å²) >= 11 is 0. The first-order valence-corrected chi connectivity index (χ1v) is 18.9. The molecule has 0 N–H and O–H groups in total. The van der Waals surface area contributed by atoms with Gasteiger partial charge in [0.1, 0.15) is 0 Å². The zero-order valence-electron chi connectivity index (χ0n) is 30.5. The fraction of sp³-hybridized carbons (Fsp3) is 0. The lowest BCUT2D eigenvalue weighted by Crippen LogP contribution is -1.95. The molecular weight excluding hydrogens is 679 g/mol. The summed E-state index contributed by atoms with van der Waals surface area (Å²) in [6.45, 7) is 0. The molecule has 0 aliphatic heterocycles. The third-order valence-electron chi connectivity index (χ3n) is 10.5. The molecule has 56 heavy (non-hydrogen) atoms. The Morgan fingerprint density at radius 1 is 0.268 bits per heavy atom. The highest BCUT2D eigenvalue weighted by atomic mass is 14.9. The largest absolute Gasteiger partial charge is 0.246 e. The summed E-state index contributed by atoms with van der Waals surface area (Å²) in [4.78, 5) is 15.4. The van der Waals surface area contributed by atoms with E-state index in [4.69, 9.17) is 15.0 Å². The normalized spacial score (nSPS) is 11.2. The van der Waals surface area contributed by atoms with Gasteiger partial charge in [-0.05, 0) is 33.9 Å². The Balaban J connectivity index is 1.03. The van der Waals surface area contributed by atoms with Crippen LogP contribution in [-0.2, 0) is 0 Å². The van der Waals surface area contributed by atoms with Gasteiger partial charge in [0.2, 0.25) is 0 Å². The van der Waals surface area contributed by atoms with Gasteiger partial charge in [0.05, 0.1) is 22.6 Å². The molecule has 0 spiro atoms. The van der Waals surface area contributed by atoms with Crippen molar-refractivity contribution in [2.45, 2.75) is 0 Å². The molecule has 3 heteroatoms. The molecule has 8 aromatic carbocycles. The van der Waals surface area contributed by atoms with Gasteiger partial charge in [-0.1, -0.05) is 206 Å². The molecule has 0 amide bonds. The van der Waals surface area contributed by atoms with Gasteiger partial charge in [0, 0.05) is 44.0 Å². The summed E-state index contributed by atoms with van der Waals surface area (Å²) in [6.07, 6.45) is 0. The van der Waals surface area contributed by atoms with Crippen LogP contribution in [0.3, 0.4) is 0 Å². The number of fused-ring (bicyclic) bond motifs is 3. The minimum Gasteiger partial charge on any atom is -0.246 e. The second-order valence-electron chi connectivity index (χ2n) is 14.0. The van der Waals surface area contributed by atoms with E-state index in [1.807, 2.05) is 36.4 Å². The average Bonchev–Trinajstić information content (AvgIpc) is 3.29. The molecular formula is C53H35N3. The summed E-state index contributed by atoms with van der Waals surface area (Å²) in [5, 5.41) is 3.51. The molecule has 0 aliphatic carbocycles. The van der Waals surface area contributed by atoms with Gasteiger partial charge in [0.15, 0.2) is 5.82 Å². The van der Waals surface area contributed by atoms with Crippen molar-refractivity contribution in [2.24, 2.45) is 0 Å². The van der Waals surface area contributed by atoms with Crippen molar-refractivity contribution in [3.8, 4) is 78.5 Å². The Labute approximate surface area is 326 Å². The minimum absolute atomic E-state index is 0.713. The Kier molecular flexibility index (Phi) is 8.51. The fourth-order valence-electron chi connectivity index (χ4n) is 7.73. The second kappa shape index (κ2) is 14.4. The minimum atomic E-state index is 0.713. The number of aromatic nitrogens is 3. The molecule has 0 radical (unpaired) electrons. The zero-order valence-corrected chi connectivity index (χ0v) is 30.5. The third kappa shape index (κ3) is 6.21. The Bertz CT molecular complexity index is 2900. The van der Waals surface area contributed by atoms with Crippen molar-refractivity contribution < 1.29 is 0 Å². The maximum absolute atomic E-state index is 5.44. The van der Waals surface area contributed by atoms with Crippen molar-refractivity contribution in [1.29, 1.82) is 0 Å². The molecule has 0 saturated heterocycles. The topological polar surface area (TPSA) is 38.7 Å². The molecule has 2 heterocycles. The van der Waals surface area contributed by atoms with Crippen LogP contribution in [0.1, 0.15) is 0 Å². The van der Waals surface area contributed by atoms with Crippen LogP contribution in [0.5, 0.6) is 0 Å². The average molecular weight is 714 g/mol. The van der Waals surface area contributed by atoms with Crippen molar-refractivity contribution in [2.75, 3.05) is 0 Å². The smallest absolute Gasteiger partial charge is 0.160 e. The van der Waals surface area contributed by atoms with E-state index < -0.39 is 0 Å². The Hall–Kier alpha value is -7.49. The maximum atomic E-state index is 5.44. The fourth-order valence-corrected chi connectivity index (χ4v) is 7.73. The molecule has 10 rings (SSSR count). The van der Waals surface area contributed by atoms with E-state index in [2.05, 4.69) is 176 Å². The van der Waals surface area contributed by atoms with E-state index in [-0.39, 0.29) is 0 Å². The third-order valence-corrected chi connectivity index (χ3v) is 10.5. The molecule has 262 valence electrons. The van der Waals surface area contributed by atoms with Crippen molar-refractivity contribution in [3.63, 3.8) is 0 Å². The molecule has 10 aromatic rings. The van der Waals surface area contributed by atoms with Crippen LogP contribution in [0.25, 0.3) is 100 Å². The Morgan fingerprint density at radius 3 is 1.29 bits per heavy atom. The van der Waals surface area contributed by atoms with Gasteiger partial charge in [-0.2, -0.15) is 0 Å². The van der Waals surface area contributed by atoms with Gasteiger partial charge < -0.3 is 0 Å². The van der Waals surface area contributed by atoms with E-state index in [1.54, 1.807) is 0 Å². The van der Waals surface area contributed by atoms with Gasteiger partial charge in [0.25, 0.3) is 0 Å². The van der Waals surface area contributed by atoms with Crippen LogP contribution in [0, 0.1) is 0 Å². The lowest BCUT2D eigenvalue weighted by Gasteiger charge is -2.16. The first kappa shape index (κ1) is 33.1. The number of rotatable bonds is 7. The molecule has 3 nitrogen and oxygen atoms in total. The first-order chi connectivity index (χ1) is 27.8. The van der Waals surface area contributed by atoms with Crippen molar-refractivity contribution in [1.82, 2.24) is 15.0 Å². The molecule has 0 bridgehead atoms. The summed E-state index contributed by atoms with van der Waals surface area (Å²) in [7, 11) is 0. The quantitative estimate of drug-likeness (QED) is 0.154. The van der Waals surface area contributed by atoms with E-state index in [1.165, 1.54) is 16.5 Å². The zero-order chi connectivity index (χ0) is 37.3. The van der Waals surface area contributed by atoms with Gasteiger partial charge in [-0.15, -0.1) is 0 Å². The summed E-state index contributed by atoms with van der Waals surface area (Å²) in [5.74, 6) is 0.713. The first-order valence-electron chi connectivity index (χ1n) is 18.9. The van der Waals surface area contributed by atoms with E-state index in [0.29, 0.717) is 5.82 Å². The van der Waals surface area contributed by atoms with Gasteiger partial charge in [-0.25, -0.2) is 15.0 Å². The van der Waals surface area contributed by atoms with Gasteiger partial charge in [-0.3, -0.25) is 0 Å². The predicted octanol–water partition coefficient (Wildman–Crippen LogP) is 13.8. The standard InChI is InChI=1S/C53H35N3/c1-5-15-38(16-6-1)44-23-13-25-46-50(44)47-26-14-24-45(52(47)56-51(46)42-19-9-3-10-20-42)39-31-27-36(28-32-39)37-29-33-41(34-30-37)49-35-48(40-17-7-2-8-18-40)54-53(55-49)43-21-11-4-12-22-43/h1-35H. The lowest BCUT2D eigenvalue weighted by atomic mass is 9.91. The summed E-state index contributed by atoms with van der Waals surface area (Å²) in [6, 6.07) is 74.5. The SMILES string of the molecule is c1ccc(-c2cc(-c3ccc(-c4ccc(-c5cccc6c5nc(-c5ccccc5)c5cccc(-c7ccccc7)c56)cc4)cc3)nc(-c3ccccc3)n2)cc1. The summed E-state index contributed by atoms with van der Waals surface area (Å²) < 4.78 is 0. The Morgan fingerprint density at radius 2 is 0.696 bits per heavy atom. The van der Waals surface area contributed by atoms with Crippen LogP contribution in [0.4, 0.5) is 0 Å². The maximum Gasteiger partial charge on any atom is 0.160 e. The number of benzene rings is 8. The second-order valence-corrected chi connectivity index (χ2v) is 14.0. The molecule has 0 atom stereocenters. The summed E-state index contributed by atoms with van der Waals surface area (Å²) in [5.41, 5.74) is 14.9. The molecule has 2 aromatic heterocycles. The molecule has 0 saturated carbocycles. The van der Waals surface area contributed by atoms with E-state index in [9.17, 15) is 0 Å². The number of pyridine rings is 1. The van der Waals surface area contributed by atoms with Crippen LogP contribution in [-0.4, -0.2) is 15.0 Å². The predicted molar refractivity (Wildman–Crippen MR) is 233 cm³/mol. The highest BCUT2D eigenvalue weighted by Crippen LogP contribution is 2.41. The number of para-hydroxylation sites is 1. The highest BCUT2D eigenvalue weighted by molar-refractivity contribution is 6.19. The number of hydrogen-bond acceptors (Lipinski definition) is 3. The van der Waals surface area contributed by atoms with E-state index >= 15 is 0 Å². The van der Waals surface area contributed by atoms with Crippen LogP contribution in [0.2, 0.25) is 0 Å². The molecule has 0 aliphatic rings. The molecule has 0 fully saturated rings. The van der Waals surface area contributed by atoms with Crippen molar-refractivity contribution >= 4 is 21.7 Å². The number of hydrogen-bond donors (Lipinski definition) is 0.